The highest BCUT2D eigenvalue weighted by atomic mass is 19.4. The van der Waals surface area contributed by atoms with Gasteiger partial charge in [0, 0.05) is 0 Å². The van der Waals surface area contributed by atoms with E-state index in [0.29, 0.717) is 0 Å². The monoisotopic (exact) mass is 386 g/mol. The van der Waals surface area contributed by atoms with Gasteiger partial charge in [0.05, 0.1) is 0 Å². The minimum atomic E-state index is -7.59. The molecule has 0 N–H and O–H groups in total. The Hall–Kier alpha value is -1.76. The van der Waals surface area contributed by atoms with Crippen LogP contribution in [0.4, 0.5) is 61.5 Å². The SMILES string of the molecule is Fc1c(F)c(F)c(C(F)(F)C(F)(F)C(F)(F)C(F)(F)F)c(F)c1F. The Morgan fingerprint density at radius 2 is 0.708 bits per heavy atom. The van der Waals surface area contributed by atoms with Crippen LogP contribution in [-0.4, -0.2) is 18.0 Å². The molecule has 24 heavy (non-hydrogen) atoms. The molecule has 0 heterocycles. The Balaban J connectivity index is 3.80. The van der Waals surface area contributed by atoms with E-state index in [1.54, 1.807) is 0 Å². The van der Waals surface area contributed by atoms with E-state index in [1.165, 1.54) is 0 Å². The van der Waals surface area contributed by atoms with Gasteiger partial charge in [0.2, 0.25) is 5.82 Å². The van der Waals surface area contributed by atoms with Crippen molar-refractivity contribution in [2.24, 2.45) is 0 Å². The maximum absolute atomic E-state index is 13.3. The maximum Gasteiger partial charge on any atom is 0.460 e. The zero-order chi connectivity index (χ0) is 19.5. The molecule has 1 aromatic carbocycles. The summed E-state index contributed by atoms with van der Waals surface area (Å²) in [6.07, 6.45) is -7.33. The molecule has 0 aliphatic rings. The average Bonchev–Trinajstić information content (AvgIpc) is 2.41. The van der Waals surface area contributed by atoms with Gasteiger partial charge >= 0.3 is 23.9 Å². The van der Waals surface area contributed by atoms with Crippen molar-refractivity contribution >= 4 is 0 Å². The quantitative estimate of drug-likeness (QED) is 0.376. The summed E-state index contributed by atoms with van der Waals surface area (Å²) in [5, 5.41) is 0. The van der Waals surface area contributed by atoms with Gasteiger partial charge in [-0.1, -0.05) is 0 Å². The highest BCUT2D eigenvalue weighted by Crippen LogP contribution is 2.57. The molecule has 0 radical (unpaired) electrons. The third-order valence-electron chi connectivity index (χ3n) is 2.67. The molecule has 0 nitrogen and oxygen atoms in total. The molecule has 138 valence electrons. The topological polar surface area (TPSA) is 0 Å². The van der Waals surface area contributed by atoms with Gasteiger partial charge in [0.15, 0.2) is 23.3 Å². The Morgan fingerprint density at radius 3 is 1.00 bits per heavy atom. The first-order chi connectivity index (χ1) is 10.4. The molecule has 0 fully saturated rings. The molecule has 1 aromatic rings. The molecule has 0 amide bonds. The Kier molecular flexibility index (Phi) is 4.54. The zero-order valence-corrected chi connectivity index (χ0v) is 10.3. The lowest BCUT2D eigenvalue weighted by Crippen LogP contribution is -2.60. The summed E-state index contributed by atoms with van der Waals surface area (Å²) >= 11 is 0. The fourth-order valence-electron chi connectivity index (χ4n) is 1.41. The number of hydrogen-bond acceptors (Lipinski definition) is 0. The predicted octanol–water partition coefficient (Wildman–Crippen LogP) is 5.31. The summed E-state index contributed by atoms with van der Waals surface area (Å²) in [6, 6.07) is 0. The molecule has 0 atom stereocenters. The van der Waals surface area contributed by atoms with E-state index in [0.717, 1.165) is 0 Å². The Morgan fingerprint density at radius 1 is 0.417 bits per heavy atom. The van der Waals surface area contributed by atoms with Crippen molar-refractivity contribution in [1.82, 2.24) is 0 Å². The molecule has 0 bridgehead atoms. The Labute approximate surface area is 121 Å². The van der Waals surface area contributed by atoms with Crippen molar-refractivity contribution in [3.63, 3.8) is 0 Å². The van der Waals surface area contributed by atoms with E-state index >= 15 is 0 Å². The van der Waals surface area contributed by atoms with Crippen LogP contribution in [0.1, 0.15) is 5.56 Å². The van der Waals surface area contributed by atoms with Crippen LogP contribution in [0.15, 0.2) is 0 Å². The van der Waals surface area contributed by atoms with E-state index in [9.17, 15) is 61.5 Å². The predicted molar refractivity (Wildman–Crippen MR) is 46.1 cm³/mol. The molecule has 0 aliphatic heterocycles. The third kappa shape index (κ3) is 2.46. The fraction of sp³-hybridized carbons (Fsp3) is 0.400. The van der Waals surface area contributed by atoms with Crippen LogP contribution >= 0.6 is 0 Å². The van der Waals surface area contributed by atoms with Crippen molar-refractivity contribution in [2.45, 2.75) is 23.9 Å². The minimum Gasteiger partial charge on any atom is -0.203 e. The largest absolute Gasteiger partial charge is 0.460 e. The maximum atomic E-state index is 13.3. The lowest BCUT2D eigenvalue weighted by molar-refractivity contribution is -0.400. The van der Waals surface area contributed by atoms with Crippen molar-refractivity contribution < 1.29 is 61.5 Å². The summed E-state index contributed by atoms with van der Waals surface area (Å²) in [6.45, 7) is 0. The first-order valence-corrected chi connectivity index (χ1v) is 5.15. The lowest BCUT2D eigenvalue weighted by atomic mass is 9.95. The summed E-state index contributed by atoms with van der Waals surface area (Å²) in [5.41, 5.74) is -3.83. The standard InChI is InChI=1S/C10F14/c11-2-1(3(12)5(14)6(15)4(2)13)7(16,17)8(18,19)9(20,21)10(22,23)24. The van der Waals surface area contributed by atoms with Crippen LogP contribution < -0.4 is 0 Å². The highest BCUT2D eigenvalue weighted by Gasteiger charge is 2.82. The molecule has 0 spiro atoms. The first-order valence-electron chi connectivity index (χ1n) is 5.15. The number of rotatable bonds is 3. The normalized spacial score (nSPS) is 14.2. The van der Waals surface area contributed by atoms with E-state index in [1.807, 2.05) is 0 Å². The third-order valence-corrected chi connectivity index (χ3v) is 2.67. The molecule has 0 saturated carbocycles. The van der Waals surface area contributed by atoms with Crippen LogP contribution in [0, 0.1) is 29.1 Å². The van der Waals surface area contributed by atoms with Crippen LogP contribution in [0.25, 0.3) is 0 Å². The molecular formula is C10F14. The number of hydrogen-bond donors (Lipinski definition) is 0. The van der Waals surface area contributed by atoms with Gasteiger partial charge < -0.3 is 0 Å². The van der Waals surface area contributed by atoms with E-state index < -0.39 is 58.6 Å². The molecule has 14 heteroatoms. The van der Waals surface area contributed by atoms with Gasteiger partial charge in [-0.2, -0.15) is 39.5 Å². The smallest absolute Gasteiger partial charge is 0.203 e. The molecule has 0 aromatic heterocycles. The van der Waals surface area contributed by atoms with Gasteiger partial charge in [0.25, 0.3) is 0 Å². The van der Waals surface area contributed by atoms with Gasteiger partial charge in [-0.15, -0.1) is 0 Å². The molecule has 1 rings (SSSR count). The van der Waals surface area contributed by atoms with Crippen LogP contribution in [-0.2, 0) is 5.92 Å². The first kappa shape index (κ1) is 20.3. The number of benzene rings is 1. The zero-order valence-electron chi connectivity index (χ0n) is 10.3. The van der Waals surface area contributed by atoms with Gasteiger partial charge in [-0.05, 0) is 0 Å². The lowest BCUT2D eigenvalue weighted by Gasteiger charge is -2.34. The summed E-state index contributed by atoms with van der Waals surface area (Å²) in [4.78, 5) is 0. The van der Waals surface area contributed by atoms with Crippen molar-refractivity contribution in [1.29, 1.82) is 0 Å². The molecule has 0 aliphatic carbocycles. The van der Waals surface area contributed by atoms with Crippen molar-refractivity contribution in [3.8, 4) is 0 Å². The average molecular weight is 386 g/mol. The van der Waals surface area contributed by atoms with Gasteiger partial charge in [0.1, 0.15) is 5.56 Å². The minimum absolute atomic E-state index is 3.12. The Bertz CT molecular complexity index is 625. The highest BCUT2D eigenvalue weighted by molar-refractivity contribution is 5.31. The van der Waals surface area contributed by atoms with E-state index in [-0.39, 0.29) is 0 Å². The molecule has 0 unspecified atom stereocenters. The van der Waals surface area contributed by atoms with Crippen LogP contribution in [0.2, 0.25) is 0 Å². The second kappa shape index (κ2) is 5.37. The number of alkyl halides is 9. The second-order valence-electron chi connectivity index (χ2n) is 4.17. The molecular weight excluding hydrogens is 386 g/mol. The summed E-state index contributed by atoms with van der Waals surface area (Å²) in [5.74, 6) is -39.2. The van der Waals surface area contributed by atoms with Crippen molar-refractivity contribution in [3.05, 3.63) is 34.6 Å². The number of halogens is 14. The van der Waals surface area contributed by atoms with Crippen molar-refractivity contribution in [2.75, 3.05) is 0 Å². The van der Waals surface area contributed by atoms with Gasteiger partial charge in [-0.3, -0.25) is 0 Å². The summed E-state index contributed by atoms with van der Waals surface area (Å²) < 4.78 is 177. The summed E-state index contributed by atoms with van der Waals surface area (Å²) in [7, 11) is 0. The van der Waals surface area contributed by atoms with E-state index in [4.69, 9.17) is 0 Å². The molecule has 0 saturated heterocycles. The van der Waals surface area contributed by atoms with Crippen LogP contribution in [0.3, 0.4) is 0 Å². The fourth-order valence-corrected chi connectivity index (χ4v) is 1.41. The van der Waals surface area contributed by atoms with Gasteiger partial charge in [-0.25, -0.2) is 22.0 Å². The van der Waals surface area contributed by atoms with Crippen LogP contribution in [0.5, 0.6) is 0 Å². The van der Waals surface area contributed by atoms with E-state index in [2.05, 4.69) is 0 Å². The second-order valence-corrected chi connectivity index (χ2v) is 4.17.